The van der Waals surface area contributed by atoms with Crippen LogP contribution in [0.4, 0.5) is 5.82 Å². The number of hydrogen-bond donors (Lipinski definition) is 2. The Morgan fingerprint density at radius 1 is 1.17 bits per heavy atom. The number of carbonyl (C=O) groups is 1. The maximum absolute atomic E-state index is 11.9. The molecular weight excluding hydrogens is 344 g/mol. The topological polar surface area (TPSA) is 80.9 Å². The number of rotatable bonds is 2. The van der Waals surface area contributed by atoms with E-state index >= 15 is 0 Å². The maximum atomic E-state index is 11.9. The number of nitrogen functional groups attached to an aromatic ring is 1. The van der Waals surface area contributed by atoms with Crippen molar-refractivity contribution in [2.45, 2.75) is 6.42 Å². The van der Waals surface area contributed by atoms with E-state index in [-0.39, 0.29) is 5.91 Å². The number of amides is 1. The fourth-order valence-electron chi connectivity index (χ4n) is 2.85. The van der Waals surface area contributed by atoms with Gasteiger partial charge < -0.3 is 11.1 Å². The number of benzene rings is 1. The van der Waals surface area contributed by atoms with Crippen LogP contribution in [0.5, 0.6) is 0 Å². The van der Waals surface area contributed by atoms with Crippen LogP contribution in [0.1, 0.15) is 15.9 Å². The summed E-state index contributed by atoms with van der Waals surface area (Å²) in [5.74, 6) is 0.415. The van der Waals surface area contributed by atoms with Crippen LogP contribution in [0.3, 0.4) is 0 Å². The zero-order chi connectivity index (χ0) is 16.7. The number of halogens is 1. The van der Waals surface area contributed by atoms with Gasteiger partial charge in [-0.25, -0.2) is 9.97 Å². The number of thiazole rings is 1. The Morgan fingerprint density at radius 2 is 2.04 bits per heavy atom. The molecule has 5 nitrogen and oxygen atoms in total. The first kappa shape index (κ1) is 15.1. The van der Waals surface area contributed by atoms with E-state index in [9.17, 15) is 4.79 Å². The van der Waals surface area contributed by atoms with Gasteiger partial charge in [-0.1, -0.05) is 23.7 Å². The second kappa shape index (κ2) is 5.89. The summed E-state index contributed by atoms with van der Waals surface area (Å²) < 4.78 is 0. The van der Waals surface area contributed by atoms with Crippen molar-refractivity contribution >= 4 is 34.7 Å². The molecule has 24 heavy (non-hydrogen) atoms. The number of hydrogen-bond acceptors (Lipinski definition) is 5. The van der Waals surface area contributed by atoms with Crippen molar-refractivity contribution in [3.63, 3.8) is 0 Å². The van der Waals surface area contributed by atoms with Crippen LogP contribution < -0.4 is 11.1 Å². The largest absolute Gasteiger partial charge is 0.383 e. The van der Waals surface area contributed by atoms with Gasteiger partial charge in [0.2, 0.25) is 0 Å². The molecule has 3 aromatic rings. The molecule has 1 aromatic carbocycles. The van der Waals surface area contributed by atoms with Crippen LogP contribution in [-0.2, 0) is 6.42 Å². The molecule has 0 saturated carbocycles. The lowest BCUT2D eigenvalue weighted by atomic mass is 9.94. The minimum absolute atomic E-state index is 0.0286. The van der Waals surface area contributed by atoms with E-state index in [0.29, 0.717) is 17.5 Å². The monoisotopic (exact) mass is 356 g/mol. The number of nitrogens with zero attached hydrogens (tertiary/aromatic N) is 2. The van der Waals surface area contributed by atoms with Crippen LogP contribution in [-0.4, -0.2) is 22.4 Å². The molecule has 0 fully saturated rings. The second-order valence-corrected chi connectivity index (χ2v) is 6.72. The zero-order valence-corrected chi connectivity index (χ0v) is 14.1. The van der Waals surface area contributed by atoms with Gasteiger partial charge in [-0.3, -0.25) is 4.79 Å². The molecule has 4 rings (SSSR count). The van der Waals surface area contributed by atoms with E-state index in [0.717, 1.165) is 39.1 Å². The molecular formula is C17H13ClN4OS. The minimum Gasteiger partial charge on any atom is -0.383 e. The van der Waals surface area contributed by atoms with E-state index in [1.165, 1.54) is 11.3 Å². The molecule has 3 N–H and O–H groups in total. The van der Waals surface area contributed by atoms with Gasteiger partial charge in [-0.2, -0.15) is 0 Å². The molecule has 2 aromatic heterocycles. The van der Waals surface area contributed by atoms with Crippen LogP contribution in [0, 0.1) is 0 Å². The predicted octanol–water partition coefficient (Wildman–Crippen LogP) is 3.39. The fraction of sp³-hybridized carbons (Fsp3) is 0.118. The van der Waals surface area contributed by atoms with Gasteiger partial charge in [0.15, 0.2) is 0 Å². The Morgan fingerprint density at radius 3 is 2.83 bits per heavy atom. The van der Waals surface area contributed by atoms with Crippen LogP contribution in [0.15, 0.2) is 36.0 Å². The molecule has 0 bridgehead atoms. The lowest BCUT2D eigenvalue weighted by molar-refractivity contribution is 0.0946. The predicted molar refractivity (Wildman–Crippen MR) is 96.2 cm³/mol. The minimum atomic E-state index is -0.0286. The quantitative estimate of drug-likeness (QED) is 0.737. The summed E-state index contributed by atoms with van der Waals surface area (Å²) in [6.07, 6.45) is 2.51. The average Bonchev–Trinajstić information content (AvgIpc) is 3.01. The number of carbonyl (C=O) groups excluding carboxylic acids is 1. The SMILES string of the molecule is Nc1ncc(-c2scnc2Cl)cc1-c1ccc2c(c1)CCNC2=O. The van der Waals surface area contributed by atoms with Crippen molar-refractivity contribution in [1.29, 1.82) is 0 Å². The molecule has 0 spiro atoms. The lowest BCUT2D eigenvalue weighted by Gasteiger charge is -2.17. The van der Waals surface area contributed by atoms with Crippen molar-refractivity contribution < 1.29 is 4.79 Å². The van der Waals surface area contributed by atoms with Gasteiger partial charge in [-0.15, -0.1) is 11.3 Å². The fourth-order valence-corrected chi connectivity index (χ4v) is 3.86. The van der Waals surface area contributed by atoms with Gasteiger partial charge >= 0.3 is 0 Å². The molecule has 120 valence electrons. The highest BCUT2D eigenvalue weighted by Gasteiger charge is 2.18. The van der Waals surface area contributed by atoms with E-state index in [4.69, 9.17) is 17.3 Å². The summed E-state index contributed by atoms with van der Waals surface area (Å²) >= 11 is 7.58. The highest BCUT2D eigenvalue weighted by molar-refractivity contribution is 7.13. The van der Waals surface area contributed by atoms with Crippen molar-refractivity contribution in [1.82, 2.24) is 15.3 Å². The third kappa shape index (κ3) is 2.53. The van der Waals surface area contributed by atoms with Crippen molar-refractivity contribution in [2.24, 2.45) is 0 Å². The van der Waals surface area contributed by atoms with Crippen molar-refractivity contribution in [3.8, 4) is 21.6 Å². The molecule has 7 heteroatoms. The number of pyridine rings is 1. The summed E-state index contributed by atoms with van der Waals surface area (Å²) in [5, 5.41) is 3.30. The van der Waals surface area contributed by atoms with Crippen LogP contribution in [0.25, 0.3) is 21.6 Å². The number of nitrogens with two attached hydrogens (primary N) is 1. The van der Waals surface area contributed by atoms with E-state index in [2.05, 4.69) is 15.3 Å². The molecule has 1 aliphatic rings. The molecule has 0 saturated heterocycles. The summed E-state index contributed by atoms with van der Waals surface area (Å²) in [4.78, 5) is 21.1. The Kier molecular flexibility index (Phi) is 3.70. The molecule has 0 aliphatic carbocycles. The van der Waals surface area contributed by atoms with Gasteiger partial charge in [0.05, 0.1) is 10.4 Å². The van der Waals surface area contributed by atoms with E-state index in [1.54, 1.807) is 11.7 Å². The van der Waals surface area contributed by atoms with Crippen LogP contribution >= 0.6 is 22.9 Å². The maximum Gasteiger partial charge on any atom is 0.251 e. The molecule has 0 atom stereocenters. The Balaban J connectivity index is 1.82. The number of aromatic nitrogens is 2. The first-order valence-corrected chi connectivity index (χ1v) is 8.65. The highest BCUT2D eigenvalue weighted by Crippen LogP contribution is 2.35. The first-order chi connectivity index (χ1) is 11.6. The summed E-state index contributed by atoms with van der Waals surface area (Å²) in [7, 11) is 0. The third-order valence-corrected chi connectivity index (χ3v) is 5.32. The highest BCUT2D eigenvalue weighted by atomic mass is 35.5. The van der Waals surface area contributed by atoms with Crippen molar-refractivity contribution in [3.05, 3.63) is 52.3 Å². The first-order valence-electron chi connectivity index (χ1n) is 7.40. The van der Waals surface area contributed by atoms with Gasteiger partial charge in [0.25, 0.3) is 5.91 Å². The number of nitrogens with one attached hydrogen (secondary N) is 1. The summed E-state index contributed by atoms with van der Waals surface area (Å²) in [5.41, 5.74) is 12.2. The van der Waals surface area contributed by atoms with E-state index in [1.807, 2.05) is 24.3 Å². The molecule has 0 unspecified atom stereocenters. The normalized spacial score (nSPS) is 13.5. The van der Waals surface area contributed by atoms with E-state index < -0.39 is 0 Å². The van der Waals surface area contributed by atoms with Crippen molar-refractivity contribution in [2.75, 3.05) is 12.3 Å². The standard InChI is InChI=1S/C17H13ClN4OS/c18-15-14(24-8-22-15)11-6-13(16(19)21-7-11)9-1-2-12-10(5-9)3-4-20-17(12)23/h1-2,5-8H,3-4H2,(H2,19,21)(H,20,23). The van der Waals surface area contributed by atoms with Gasteiger partial charge in [0, 0.05) is 29.4 Å². The molecule has 1 amide bonds. The lowest BCUT2D eigenvalue weighted by Crippen LogP contribution is -2.31. The van der Waals surface area contributed by atoms with Gasteiger partial charge in [-0.05, 0) is 29.7 Å². The zero-order valence-electron chi connectivity index (χ0n) is 12.5. The average molecular weight is 357 g/mol. The summed E-state index contributed by atoms with van der Waals surface area (Å²) in [6, 6.07) is 7.71. The van der Waals surface area contributed by atoms with Gasteiger partial charge in [0.1, 0.15) is 11.0 Å². The Hall–Kier alpha value is -2.44. The number of fused-ring (bicyclic) bond motifs is 1. The Bertz CT molecular complexity index is 954. The third-order valence-electron chi connectivity index (χ3n) is 4.05. The number of anilines is 1. The Labute approximate surface area is 147 Å². The molecule has 0 radical (unpaired) electrons. The molecule has 3 heterocycles. The molecule has 1 aliphatic heterocycles. The second-order valence-electron chi connectivity index (χ2n) is 5.51. The smallest absolute Gasteiger partial charge is 0.251 e. The summed E-state index contributed by atoms with van der Waals surface area (Å²) in [6.45, 7) is 0.652. The van der Waals surface area contributed by atoms with Crippen LogP contribution in [0.2, 0.25) is 5.15 Å².